The minimum absolute atomic E-state index is 0.0591. The van der Waals surface area contributed by atoms with Crippen LogP contribution in [0.5, 0.6) is 5.75 Å². The molecule has 1 aromatic rings. The maximum atomic E-state index is 5.61. The zero-order valence-corrected chi connectivity index (χ0v) is 9.81. The van der Waals surface area contributed by atoms with E-state index in [0.29, 0.717) is 19.8 Å². The summed E-state index contributed by atoms with van der Waals surface area (Å²) in [6, 6.07) is 7.77. The van der Waals surface area contributed by atoms with Crippen molar-refractivity contribution in [1.29, 1.82) is 0 Å². The van der Waals surface area contributed by atoms with E-state index >= 15 is 0 Å². The largest absolute Gasteiger partial charge is 0.497 e. The summed E-state index contributed by atoms with van der Waals surface area (Å²) >= 11 is 0. The van der Waals surface area contributed by atoms with E-state index in [4.69, 9.17) is 19.9 Å². The molecule has 16 heavy (non-hydrogen) atoms. The van der Waals surface area contributed by atoms with Crippen LogP contribution >= 0.6 is 0 Å². The van der Waals surface area contributed by atoms with Crippen molar-refractivity contribution in [2.24, 2.45) is 5.73 Å². The highest BCUT2D eigenvalue weighted by Crippen LogP contribution is 2.13. The minimum Gasteiger partial charge on any atom is -0.497 e. The molecule has 0 saturated carbocycles. The lowest BCUT2D eigenvalue weighted by atomic mass is 10.2. The molecule has 0 amide bonds. The van der Waals surface area contributed by atoms with Gasteiger partial charge in [-0.15, -0.1) is 0 Å². The Morgan fingerprint density at radius 3 is 2.75 bits per heavy atom. The van der Waals surface area contributed by atoms with E-state index in [9.17, 15) is 0 Å². The van der Waals surface area contributed by atoms with Crippen LogP contribution in [0.25, 0.3) is 0 Å². The van der Waals surface area contributed by atoms with Gasteiger partial charge >= 0.3 is 0 Å². The molecule has 0 spiro atoms. The maximum absolute atomic E-state index is 5.61. The summed E-state index contributed by atoms with van der Waals surface area (Å²) in [5, 5.41) is 0. The fourth-order valence-electron chi connectivity index (χ4n) is 1.35. The predicted molar refractivity (Wildman–Crippen MR) is 62.5 cm³/mol. The number of ether oxygens (including phenoxy) is 3. The van der Waals surface area contributed by atoms with E-state index in [0.717, 1.165) is 11.3 Å². The lowest BCUT2D eigenvalue weighted by Gasteiger charge is -2.15. The third-order valence-electron chi connectivity index (χ3n) is 2.24. The van der Waals surface area contributed by atoms with Crippen molar-refractivity contribution < 1.29 is 14.2 Å². The molecule has 0 aliphatic carbocycles. The maximum Gasteiger partial charge on any atom is 0.119 e. The molecule has 0 aliphatic heterocycles. The topological polar surface area (TPSA) is 53.7 Å². The van der Waals surface area contributed by atoms with Crippen LogP contribution in [0.15, 0.2) is 24.3 Å². The average molecular weight is 225 g/mol. The summed E-state index contributed by atoms with van der Waals surface area (Å²) in [7, 11) is 3.28. The van der Waals surface area contributed by atoms with Crippen molar-refractivity contribution >= 4 is 0 Å². The lowest BCUT2D eigenvalue weighted by Crippen LogP contribution is -2.28. The SMILES string of the molecule is COCC(CN)OCc1cccc(OC)c1. The number of hydrogen-bond donors (Lipinski definition) is 1. The van der Waals surface area contributed by atoms with Crippen molar-refractivity contribution in [1.82, 2.24) is 0 Å². The lowest BCUT2D eigenvalue weighted by molar-refractivity contribution is -0.00567. The minimum atomic E-state index is -0.0591. The summed E-state index contributed by atoms with van der Waals surface area (Å²) in [5.41, 5.74) is 6.61. The van der Waals surface area contributed by atoms with Gasteiger partial charge in [0.15, 0.2) is 0 Å². The zero-order chi connectivity index (χ0) is 11.8. The molecule has 1 atom stereocenters. The van der Waals surface area contributed by atoms with E-state index in [1.54, 1.807) is 14.2 Å². The van der Waals surface area contributed by atoms with Crippen molar-refractivity contribution in [3.63, 3.8) is 0 Å². The van der Waals surface area contributed by atoms with Crippen LogP contribution in [0.2, 0.25) is 0 Å². The fourth-order valence-corrected chi connectivity index (χ4v) is 1.35. The number of methoxy groups -OCH3 is 2. The number of hydrogen-bond acceptors (Lipinski definition) is 4. The van der Waals surface area contributed by atoms with Crippen LogP contribution < -0.4 is 10.5 Å². The monoisotopic (exact) mass is 225 g/mol. The standard InChI is InChI=1S/C12H19NO3/c1-14-9-12(7-13)16-8-10-4-3-5-11(6-10)15-2/h3-6,12H,7-9,13H2,1-2H3. The van der Waals surface area contributed by atoms with Gasteiger partial charge in [-0.3, -0.25) is 0 Å². The summed E-state index contributed by atoms with van der Waals surface area (Å²) in [5.74, 6) is 0.831. The predicted octanol–water partition coefficient (Wildman–Crippen LogP) is 1.19. The number of nitrogens with two attached hydrogens (primary N) is 1. The molecule has 0 radical (unpaired) electrons. The highest BCUT2D eigenvalue weighted by Gasteiger charge is 2.06. The molecule has 0 bridgehead atoms. The summed E-state index contributed by atoms with van der Waals surface area (Å²) in [6.07, 6.45) is -0.0591. The second-order valence-corrected chi connectivity index (χ2v) is 3.48. The number of benzene rings is 1. The summed E-state index contributed by atoms with van der Waals surface area (Å²) in [6.45, 7) is 1.49. The molecule has 1 rings (SSSR count). The van der Waals surface area contributed by atoms with Crippen molar-refractivity contribution in [3.05, 3.63) is 29.8 Å². The molecule has 0 heterocycles. The van der Waals surface area contributed by atoms with Crippen molar-refractivity contribution in [3.8, 4) is 5.75 Å². The summed E-state index contributed by atoms with van der Waals surface area (Å²) < 4.78 is 15.7. The summed E-state index contributed by atoms with van der Waals surface area (Å²) in [4.78, 5) is 0. The van der Waals surface area contributed by atoms with Gasteiger partial charge in [0.05, 0.1) is 26.4 Å². The first-order valence-electron chi connectivity index (χ1n) is 5.23. The Morgan fingerprint density at radius 2 is 2.12 bits per heavy atom. The van der Waals surface area contributed by atoms with Crippen LogP contribution in [-0.2, 0) is 16.1 Å². The van der Waals surface area contributed by atoms with Gasteiger partial charge in [0, 0.05) is 13.7 Å². The zero-order valence-electron chi connectivity index (χ0n) is 9.81. The van der Waals surface area contributed by atoms with Crippen LogP contribution in [0.3, 0.4) is 0 Å². The van der Waals surface area contributed by atoms with E-state index in [2.05, 4.69) is 0 Å². The molecular weight excluding hydrogens is 206 g/mol. The Kier molecular flexibility index (Phi) is 5.85. The van der Waals surface area contributed by atoms with Crippen LogP contribution in [-0.4, -0.2) is 33.5 Å². The molecule has 2 N–H and O–H groups in total. The fraction of sp³-hybridized carbons (Fsp3) is 0.500. The Morgan fingerprint density at radius 1 is 1.31 bits per heavy atom. The Hall–Kier alpha value is -1.10. The van der Waals surface area contributed by atoms with Gasteiger partial charge in [-0.1, -0.05) is 12.1 Å². The van der Waals surface area contributed by atoms with Gasteiger partial charge in [0.1, 0.15) is 5.75 Å². The first-order valence-corrected chi connectivity index (χ1v) is 5.23. The molecule has 0 aromatic heterocycles. The quantitative estimate of drug-likeness (QED) is 0.757. The van der Waals surface area contributed by atoms with Gasteiger partial charge in [0.25, 0.3) is 0 Å². The molecule has 90 valence electrons. The number of rotatable bonds is 7. The molecular formula is C12H19NO3. The van der Waals surface area contributed by atoms with Gasteiger partial charge in [0.2, 0.25) is 0 Å². The van der Waals surface area contributed by atoms with Crippen molar-refractivity contribution in [2.75, 3.05) is 27.4 Å². The van der Waals surface area contributed by atoms with Crippen LogP contribution in [0.1, 0.15) is 5.56 Å². The first kappa shape index (κ1) is 13.0. The molecule has 0 fully saturated rings. The third-order valence-corrected chi connectivity index (χ3v) is 2.24. The molecule has 1 aromatic carbocycles. The molecule has 4 heteroatoms. The Balaban J connectivity index is 2.46. The molecule has 0 aliphatic rings. The second-order valence-electron chi connectivity index (χ2n) is 3.48. The molecule has 4 nitrogen and oxygen atoms in total. The van der Waals surface area contributed by atoms with Gasteiger partial charge in [-0.2, -0.15) is 0 Å². The third kappa shape index (κ3) is 4.18. The smallest absolute Gasteiger partial charge is 0.119 e. The van der Waals surface area contributed by atoms with Crippen LogP contribution in [0.4, 0.5) is 0 Å². The van der Waals surface area contributed by atoms with E-state index in [1.807, 2.05) is 24.3 Å². The molecule has 1 unspecified atom stereocenters. The Bertz CT molecular complexity index is 304. The van der Waals surface area contributed by atoms with Gasteiger partial charge in [-0.25, -0.2) is 0 Å². The van der Waals surface area contributed by atoms with E-state index in [-0.39, 0.29) is 6.10 Å². The average Bonchev–Trinajstić information content (AvgIpc) is 2.34. The Labute approximate surface area is 96.3 Å². The van der Waals surface area contributed by atoms with E-state index in [1.165, 1.54) is 0 Å². The first-order chi connectivity index (χ1) is 7.80. The van der Waals surface area contributed by atoms with Crippen molar-refractivity contribution in [2.45, 2.75) is 12.7 Å². The molecule has 0 saturated heterocycles. The highest BCUT2D eigenvalue weighted by molar-refractivity contribution is 5.27. The second kappa shape index (κ2) is 7.22. The van der Waals surface area contributed by atoms with Gasteiger partial charge in [-0.05, 0) is 17.7 Å². The normalized spacial score (nSPS) is 12.4. The highest BCUT2D eigenvalue weighted by atomic mass is 16.5. The van der Waals surface area contributed by atoms with Crippen LogP contribution in [0, 0.1) is 0 Å². The van der Waals surface area contributed by atoms with E-state index < -0.39 is 0 Å². The van der Waals surface area contributed by atoms with Gasteiger partial charge < -0.3 is 19.9 Å².